The Bertz CT molecular complexity index is 532. The summed E-state index contributed by atoms with van der Waals surface area (Å²) in [6, 6.07) is 4.61. The summed E-state index contributed by atoms with van der Waals surface area (Å²) in [7, 11) is 0. The van der Waals surface area contributed by atoms with Crippen molar-refractivity contribution in [1.82, 2.24) is 5.32 Å². The van der Waals surface area contributed by atoms with Crippen LogP contribution < -0.4 is 16.0 Å². The van der Waals surface area contributed by atoms with Gasteiger partial charge in [-0.1, -0.05) is 12.1 Å². The molecule has 7 heteroatoms. The zero-order valence-electron chi connectivity index (χ0n) is 9.17. The first-order valence-corrected chi connectivity index (χ1v) is 5.11. The Morgan fingerprint density at radius 2 is 2.06 bits per heavy atom. The molecule has 1 fully saturated rings. The van der Waals surface area contributed by atoms with E-state index in [1.807, 2.05) is 0 Å². The van der Waals surface area contributed by atoms with Crippen molar-refractivity contribution in [3.63, 3.8) is 0 Å². The predicted octanol–water partition coefficient (Wildman–Crippen LogP) is -0.00180. The summed E-state index contributed by atoms with van der Waals surface area (Å²) in [4.78, 5) is 34.8. The van der Waals surface area contributed by atoms with Crippen molar-refractivity contribution in [2.24, 2.45) is 11.7 Å². The van der Waals surface area contributed by atoms with E-state index in [2.05, 4.69) is 5.32 Å². The normalized spacial score (nSPS) is 19.6. The Balaban J connectivity index is 2.33. The number of rotatable bonds is 2. The maximum atomic E-state index is 13.5. The van der Waals surface area contributed by atoms with Gasteiger partial charge in [0.05, 0.1) is 5.69 Å². The van der Waals surface area contributed by atoms with Crippen LogP contribution >= 0.6 is 0 Å². The number of hydrogen-bond donors (Lipinski definition) is 1. The van der Waals surface area contributed by atoms with E-state index in [0.717, 1.165) is 11.0 Å². The van der Waals surface area contributed by atoms with Crippen molar-refractivity contribution < 1.29 is 18.8 Å². The summed E-state index contributed by atoms with van der Waals surface area (Å²) in [6.45, 7) is -0.294. The second-order valence-electron chi connectivity index (χ2n) is 3.75. The first kappa shape index (κ1) is 12.0. The van der Waals surface area contributed by atoms with Gasteiger partial charge in [0, 0.05) is 6.54 Å². The van der Waals surface area contributed by atoms with Gasteiger partial charge in [-0.05, 0) is 12.1 Å². The first-order chi connectivity index (χ1) is 8.50. The van der Waals surface area contributed by atoms with Crippen LogP contribution in [-0.4, -0.2) is 24.4 Å². The second-order valence-corrected chi connectivity index (χ2v) is 3.75. The summed E-state index contributed by atoms with van der Waals surface area (Å²) in [6.07, 6.45) is 0. The van der Waals surface area contributed by atoms with Gasteiger partial charge < -0.3 is 5.73 Å². The van der Waals surface area contributed by atoms with Gasteiger partial charge in [-0.25, -0.2) is 9.18 Å². The number of nitrogens with zero attached hydrogens (tertiary/aromatic N) is 2. The van der Waals surface area contributed by atoms with E-state index in [-0.39, 0.29) is 12.2 Å². The van der Waals surface area contributed by atoms with Gasteiger partial charge in [-0.15, -0.1) is 0 Å². The van der Waals surface area contributed by atoms with E-state index in [0.29, 0.717) is 0 Å². The van der Waals surface area contributed by atoms with Crippen LogP contribution in [-0.2, 0) is 9.59 Å². The Labute approximate surface area is 102 Å². The lowest BCUT2D eigenvalue weighted by molar-refractivity contribution is -0.133. The number of imide groups is 1. The first-order valence-electron chi connectivity index (χ1n) is 5.11. The number of hydrogen-bond acceptors (Lipinski definition) is 3. The molecule has 1 aliphatic heterocycles. The number of amides is 4. The molecule has 0 aromatic heterocycles. The van der Waals surface area contributed by atoms with Crippen LogP contribution in [0, 0.1) is 11.7 Å². The quantitative estimate of drug-likeness (QED) is 0.748. The van der Waals surface area contributed by atoms with Gasteiger partial charge in [0.25, 0.3) is 5.91 Å². The van der Waals surface area contributed by atoms with E-state index in [1.165, 1.54) is 18.2 Å². The van der Waals surface area contributed by atoms with Crippen molar-refractivity contribution in [1.29, 1.82) is 0 Å². The lowest BCUT2D eigenvalue weighted by atomic mass is 10.1. The standard InChI is InChI=1S/C11H9FN3O3/c12-7-3-1-2-4-8(7)15-5-6(9(13)16)10(17)14-11(15)18/h1-4,6H,5H2,(H2,13,16). The molecule has 1 heterocycles. The average molecular weight is 250 g/mol. The van der Waals surface area contributed by atoms with Gasteiger partial charge >= 0.3 is 6.03 Å². The molecule has 2 N–H and O–H groups in total. The minimum Gasteiger partial charge on any atom is -0.369 e. The molecule has 0 bridgehead atoms. The topological polar surface area (TPSA) is 94.6 Å². The molecule has 1 aromatic rings. The number of para-hydroxylation sites is 1. The molecule has 2 rings (SSSR count). The molecule has 1 radical (unpaired) electrons. The molecule has 1 aliphatic rings. The van der Waals surface area contributed by atoms with Crippen molar-refractivity contribution in [2.75, 3.05) is 11.4 Å². The van der Waals surface area contributed by atoms with Crippen molar-refractivity contribution in [2.45, 2.75) is 0 Å². The number of primary amides is 1. The summed E-state index contributed by atoms with van der Waals surface area (Å²) in [5.41, 5.74) is 4.99. The summed E-state index contributed by atoms with van der Waals surface area (Å²) < 4.78 is 13.5. The number of nitrogens with two attached hydrogens (primary N) is 1. The Morgan fingerprint density at radius 3 is 2.67 bits per heavy atom. The molecule has 1 atom stereocenters. The second kappa shape index (κ2) is 4.44. The van der Waals surface area contributed by atoms with Gasteiger partial charge in [0.15, 0.2) is 0 Å². The molecule has 0 saturated carbocycles. The van der Waals surface area contributed by atoms with Crippen LogP contribution in [0.2, 0.25) is 0 Å². The van der Waals surface area contributed by atoms with Crippen LogP contribution in [0.4, 0.5) is 14.9 Å². The SMILES string of the molecule is NC(=O)C1CN(c2ccccc2F)C(=O)[N]C1=O. The zero-order valence-corrected chi connectivity index (χ0v) is 9.17. The third-order valence-electron chi connectivity index (χ3n) is 2.59. The Kier molecular flexibility index (Phi) is 2.97. The zero-order chi connectivity index (χ0) is 13.3. The van der Waals surface area contributed by atoms with Crippen LogP contribution in [0.3, 0.4) is 0 Å². The minimum atomic E-state index is -1.23. The summed E-state index contributed by atoms with van der Waals surface area (Å²) in [5, 5.41) is 3.16. The largest absolute Gasteiger partial charge is 0.369 e. The number of urea groups is 1. The lowest BCUT2D eigenvalue weighted by Gasteiger charge is -2.29. The highest BCUT2D eigenvalue weighted by Gasteiger charge is 2.38. The number of benzene rings is 1. The molecule has 1 aromatic carbocycles. The molecular formula is C11H9FN3O3. The van der Waals surface area contributed by atoms with E-state index in [9.17, 15) is 18.8 Å². The molecule has 0 aliphatic carbocycles. The minimum absolute atomic E-state index is 0.0370. The average Bonchev–Trinajstić information content (AvgIpc) is 2.30. The molecule has 93 valence electrons. The highest BCUT2D eigenvalue weighted by atomic mass is 19.1. The number of carbonyl (C=O) groups is 3. The maximum absolute atomic E-state index is 13.5. The van der Waals surface area contributed by atoms with Gasteiger partial charge in [0.1, 0.15) is 11.7 Å². The van der Waals surface area contributed by atoms with Crippen LogP contribution in [0.15, 0.2) is 24.3 Å². The molecular weight excluding hydrogens is 241 g/mol. The third-order valence-corrected chi connectivity index (χ3v) is 2.59. The van der Waals surface area contributed by atoms with Crippen LogP contribution in [0.25, 0.3) is 0 Å². The number of halogens is 1. The smallest absolute Gasteiger partial charge is 0.351 e. The molecule has 0 spiro atoms. The van der Waals surface area contributed by atoms with E-state index in [1.54, 1.807) is 0 Å². The van der Waals surface area contributed by atoms with Gasteiger partial charge in [-0.3, -0.25) is 14.5 Å². The van der Waals surface area contributed by atoms with Crippen LogP contribution in [0.5, 0.6) is 0 Å². The molecule has 6 nitrogen and oxygen atoms in total. The fourth-order valence-corrected chi connectivity index (χ4v) is 1.65. The van der Waals surface area contributed by atoms with E-state index in [4.69, 9.17) is 5.73 Å². The molecule has 4 amide bonds. The molecule has 1 saturated heterocycles. The molecule has 18 heavy (non-hydrogen) atoms. The maximum Gasteiger partial charge on any atom is 0.351 e. The number of carbonyl (C=O) groups excluding carboxylic acids is 3. The Hall–Kier alpha value is -2.44. The number of anilines is 1. The van der Waals surface area contributed by atoms with Crippen molar-refractivity contribution in [3.8, 4) is 0 Å². The third kappa shape index (κ3) is 2.02. The fourth-order valence-electron chi connectivity index (χ4n) is 1.65. The van der Waals surface area contributed by atoms with Crippen molar-refractivity contribution >= 4 is 23.5 Å². The van der Waals surface area contributed by atoms with E-state index < -0.39 is 29.6 Å². The highest BCUT2D eigenvalue weighted by Crippen LogP contribution is 2.22. The fraction of sp³-hybridized carbons (Fsp3) is 0.182. The molecule has 1 unspecified atom stereocenters. The van der Waals surface area contributed by atoms with Crippen molar-refractivity contribution in [3.05, 3.63) is 30.1 Å². The summed E-state index contributed by atoms with van der Waals surface area (Å²) >= 11 is 0. The Morgan fingerprint density at radius 1 is 1.39 bits per heavy atom. The highest BCUT2D eigenvalue weighted by molar-refractivity contribution is 6.12. The lowest BCUT2D eigenvalue weighted by Crippen LogP contribution is -2.54. The van der Waals surface area contributed by atoms with Crippen LogP contribution in [0.1, 0.15) is 0 Å². The predicted molar refractivity (Wildman–Crippen MR) is 59.0 cm³/mol. The monoisotopic (exact) mass is 250 g/mol. The van der Waals surface area contributed by atoms with E-state index >= 15 is 0 Å². The van der Waals surface area contributed by atoms with Gasteiger partial charge in [-0.2, -0.15) is 5.32 Å². The summed E-state index contributed by atoms with van der Waals surface area (Å²) in [5.74, 6) is -3.65. The van der Waals surface area contributed by atoms with Gasteiger partial charge in [0.2, 0.25) is 5.91 Å².